The largest absolute Gasteiger partial charge is 0.354 e. The fraction of sp³-hybridized carbons (Fsp3) is 0.481. The summed E-state index contributed by atoms with van der Waals surface area (Å²) in [4.78, 5) is 32.1. The van der Waals surface area contributed by atoms with E-state index in [-0.39, 0.29) is 24.9 Å². The molecule has 2 aromatic heterocycles. The maximum atomic E-state index is 13.6. The average Bonchev–Trinajstić information content (AvgIpc) is 3.38. The van der Waals surface area contributed by atoms with Crippen LogP contribution in [0.5, 0.6) is 0 Å². The monoisotopic (exact) mass is 508 g/mol. The van der Waals surface area contributed by atoms with Gasteiger partial charge < -0.3 is 24.7 Å². The second kappa shape index (κ2) is 10.9. The third-order valence-corrected chi connectivity index (χ3v) is 6.77. The minimum absolute atomic E-state index is 0.0749. The standard InChI is InChI=1S/C27H33FN6O3/c1-3-12-29-26-30-13-11-20(31-26)22-21(18-7-9-19(28)10-8-18)32-23(33-22)24-36-16-27(2,17-37-24)25(35)34-14-5-4-6-15-34/h7-11,13,24H,3-6,12,14-17H2,1-2H3,(H,32,33)(H,29,30,31). The zero-order chi connectivity index (χ0) is 25.8. The van der Waals surface area contributed by atoms with Gasteiger partial charge in [-0.15, -0.1) is 0 Å². The number of amides is 1. The van der Waals surface area contributed by atoms with Crippen LogP contribution in [0, 0.1) is 11.2 Å². The first-order valence-electron chi connectivity index (χ1n) is 12.9. The highest BCUT2D eigenvalue weighted by atomic mass is 19.1. The summed E-state index contributed by atoms with van der Waals surface area (Å²) in [5.74, 6) is 0.720. The van der Waals surface area contributed by atoms with E-state index in [0.29, 0.717) is 28.9 Å². The first kappa shape index (κ1) is 25.3. The Bertz CT molecular complexity index is 1220. The Hall–Kier alpha value is -3.37. The molecule has 0 spiro atoms. The van der Waals surface area contributed by atoms with Gasteiger partial charge in [-0.1, -0.05) is 6.92 Å². The number of halogens is 1. The highest BCUT2D eigenvalue weighted by molar-refractivity contribution is 5.83. The molecule has 0 aliphatic carbocycles. The van der Waals surface area contributed by atoms with E-state index in [4.69, 9.17) is 14.5 Å². The average molecular weight is 509 g/mol. The van der Waals surface area contributed by atoms with Crippen molar-refractivity contribution in [2.45, 2.75) is 45.8 Å². The van der Waals surface area contributed by atoms with Crippen molar-refractivity contribution >= 4 is 11.9 Å². The van der Waals surface area contributed by atoms with Gasteiger partial charge in [0.05, 0.1) is 35.7 Å². The van der Waals surface area contributed by atoms with Crippen LogP contribution < -0.4 is 5.32 Å². The minimum Gasteiger partial charge on any atom is -0.354 e. The maximum absolute atomic E-state index is 13.6. The predicted molar refractivity (Wildman–Crippen MR) is 137 cm³/mol. The second-order valence-corrected chi connectivity index (χ2v) is 9.91. The summed E-state index contributed by atoms with van der Waals surface area (Å²) in [5.41, 5.74) is 1.86. The number of hydrogen-bond acceptors (Lipinski definition) is 7. The number of imidazole rings is 1. The third-order valence-electron chi connectivity index (χ3n) is 6.77. The molecule has 2 saturated heterocycles. The number of rotatable bonds is 7. The lowest BCUT2D eigenvalue weighted by Crippen LogP contribution is -2.51. The van der Waals surface area contributed by atoms with Crippen LogP contribution in [-0.2, 0) is 14.3 Å². The number of hydrogen-bond donors (Lipinski definition) is 2. The van der Waals surface area contributed by atoms with Crippen LogP contribution in [-0.4, -0.2) is 63.6 Å². The Kier molecular flexibility index (Phi) is 7.48. The van der Waals surface area contributed by atoms with Crippen molar-refractivity contribution in [3.8, 4) is 22.6 Å². The van der Waals surface area contributed by atoms with E-state index in [2.05, 4.69) is 27.2 Å². The Labute approximate surface area is 215 Å². The van der Waals surface area contributed by atoms with Crippen LogP contribution in [0.2, 0.25) is 0 Å². The number of aromatic amines is 1. The Balaban J connectivity index is 1.40. The fourth-order valence-corrected chi connectivity index (χ4v) is 4.69. The lowest BCUT2D eigenvalue weighted by molar-refractivity contribution is -0.234. The first-order chi connectivity index (χ1) is 18.0. The molecule has 2 aliphatic rings. The van der Waals surface area contributed by atoms with Gasteiger partial charge in [0, 0.05) is 31.4 Å². The molecule has 3 aromatic rings. The number of aromatic nitrogens is 4. The highest BCUT2D eigenvalue weighted by Gasteiger charge is 2.43. The predicted octanol–water partition coefficient (Wildman–Crippen LogP) is 4.56. The summed E-state index contributed by atoms with van der Waals surface area (Å²) in [6.07, 6.45) is 5.08. The van der Waals surface area contributed by atoms with Gasteiger partial charge in [0.15, 0.2) is 5.82 Å². The molecule has 9 nitrogen and oxygen atoms in total. The molecule has 196 valence electrons. The lowest BCUT2D eigenvalue weighted by atomic mass is 9.89. The van der Waals surface area contributed by atoms with Gasteiger partial charge in [0.2, 0.25) is 18.1 Å². The van der Waals surface area contributed by atoms with Gasteiger partial charge in [-0.2, -0.15) is 0 Å². The Morgan fingerprint density at radius 2 is 1.86 bits per heavy atom. The number of H-pyrrole nitrogens is 1. The van der Waals surface area contributed by atoms with E-state index in [9.17, 15) is 9.18 Å². The molecule has 10 heteroatoms. The molecule has 1 aromatic carbocycles. The number of benzene rings is 1. The quantitative estimate of drug-likeness (QED) is 0.482. The lowest BCUT2D eigenvalue weighted by Gasteiger charge is -2.40. The van der Waals surface area contributed by atoms with Crippen molar-refractivity contribution in [3.05, 3.63) is 48.2 Å². The van der Waals surface area contributed by atoms with Crippen molar-refractivity contribution < 1.29 is 18.7 Å². The first-order valence-corrected chi connectivity index (χ1v) is 12.9. The SMILES string of the molecule is CCCNc1nccc(-c2[nH]c(C3OCC(C)(C(=O)N4CCCCC4)CO3)nc2-c2ccc(F)cc2)n1. The summed E-state index contributed by atoms with van der Waals surface area (Å²) in [6.45, 7) is 6.74. The minimum atomic E-state index is -0.769. The molecular weight excluding hydrogens is 475 g/mol. The van der Waals surface area contributed by atoms with E-state index < -0.39 is 11.7 Å². The number of carbonyl (C=O) groups excluding carboxylic acids is 1. The number of nitrogens with one attached hydrogen (secondary N) is 2. The zero-order valence-corrected chi connectivity index (χ0v) is 21.3. The van der Waals surface area contributed by atoms with Gasteiger partial charge >= 0.3 is 0 Å². The van der Waals surface area contributed by atoms with E-state index in [1.165, 1.54) is 12.1 Å². The Morgan fingerprint density at radius 1 is 1.14 bits per heavy atom. The molecule has 2 N–H and O–H groups in total. The topological polar surface area (TPSA) is 105 Å². The van der Waals surface area contributed by atoms with Gasteiger partial charge in [-0.25, -0.2) is 19.3 Å². The van der Waals surface area contributed by atoms with Crippen molar-refractivity contribution in [3.63, 3.8) is 0 Å². The van der Waals surface area contributed by atoms with E-state index in [0.717, 1.165) is 50.9 Å². The van der Waals surface area contributed by atoms with Crippen LogP contribution in [0.15, 0.2) is 36.5 Å². The molecule has 2 fully saturated rings. The van der Waals surface area contributed by atoms with Crippen LogP contribution in [0.1, 0.15) is 51.6 Å². The van der Waals surface area contributed by atoms with Crippen molar-refractivity contribution in [2.24, 2.45) is 5.41 Å². The Morgan fingerprint density at radius 3 is 2.57 bits per heavy atom. The molecule has 0 saturated carbocycles. The number of likely N-dealkylation sites (tertiary alicyclic amines) is 1. The summed E-state index contributed by atoms with van der Waals surface area (Å²) in [6, 6.07) is 7.93. The molecule has 1 amide bonds. The summed E-state index contributed by atoms with van der Waals surface area (Å²) >= 11 is 0. The highest BCUT2D eigenvalue weighted by Crippen LogP contribution is 2.36. The molecule has 0 radical (unpaired) electrons. The van der Waals surface area contributed by atoms with E-state index in [1.807, 2.05) is 11.8 Å². The van der Waals surface area contributed by atoms with Gasteiger partial charge in [0.25, 0.3) is 0 Å². The molecule has 0 bridgehead atoms. The number of ether oxygens (including phenoxy) is 2. The van der Waals surface area contributed by atoms with Crippen LogP contribution >= 0.6 is 0 Å². The molecule has 37 heavy (non-hydrogen) atoms. The molecular formula is C27H33FN6O3. The molecule has 0 unspecified atom stereocenters. The van der Waals surface area contributed by atoms with E-state index in [1.54, 1.807) is 24.4 Å². The van der Waals surface area contributed by atoms with Gasteiger partial charge in [0.1, 0.15) is 5.82 Å². The molecule has 0 atom stereocenters. The summed E-state index contributed by atoms with van der Waals surface area (Å²) < 4.78 is 25.8. The van der Waals surface area contributed by atoms with Crippen LogP contribution in [0.4, 0.5) is 10.3 Å². The number of carbonyl (C=O) groups is 1. The van der Waals surface area contributed by atoms with Gasteiger partial charge in [-0.05, 0) is 62.9 Å². The molecule has 2 aliphatic heterocycles. The zero-order valence-electron chi connectivity index (χ0n) is 21.3. The van der Waals surface area contributed by atoms with E-state index >= 15 is 0 Å². The van der Waals surface area contributed by atoms with Gasteiger partial charge in [-0.3, -0.25) is 4.79 Å². The normalized spacial score (nSPS) is 22.1. The summed E-state index contributed by atoms with van der Waals surface area (Å²) in [5, 5.41) is 3.20. The number of anilines is 1. The van der Waals surface area contributed by atoms with Crippen LogP contribution in [0.3, 0.4) is 0 Å². The van der Waals surface area contributed by atoms with Crippen molar-refractivity contribution in [2.75, 3.05) is 38.2 Å². The number of piperidine rings is 1. The maximum Gasteiger partial charge on any atom is 0.233 e. The van der Waals surface area contributed by atoms with Crippen molar-refractivity contribution in [1.29, 1.82) is 0 Å². The fourth-order valence-electron chi connectivity index (χ4n) is 4.69. The third kappa shape index (κ3) is 5.50. The van der Waals surface area contributed by atoms with Crippen LogP contribution in [0.25, 0.3) is 22.6 Å². The molecule has 5 rings (SSSR count). The van der Waals surface area contributed by atoms with Crippen molar-refractivity contribution in [1.82, 2.24) is 24.8 Å². The summed E-state index contributed by atoms with van der Waals surface area (Å²) in [7, 11) is 0. The second-order valence-electron chi connectivity index (χ2n) is 9.91. The smallest absolute Gasteiger partial charge is 0.233 e. The number of nitrogens with zero attached hydrogens (tertiary/aromatic N) is 4. The molecule has 4 heterocycles.